The summed E-state index contributed by atoms with van der Waals surface area (Å²) < 4.78 is 0. The van der Waals surface area contributed by atoms with E-state index in [2.05, 4.69) is 25.1 Å². The third-order valence-corrected chi connectivity index (χ3v) is 5.35. The van der Waals surface area contributed by atoms with Gasteiger partial charge in [-0.25, -0.2) is 4.98 Å². The third kappa shape index (κ3) is 3.64. The van der Waals surface area contributed by atoms with Crippen LogP contribution in [0, 0.1) is 0 Å². The van der Waals surface area contributed by atoms with Crippen LogP contribution in [0.25, 0.3) is 22.3 Å². The number of benzene rings is 2. The average molecular weight is 386 g/mol. The summed E-state index contributed by atoms with van der Waals surface area (Å²) in [5, 5.41) is 7.20. The number of rotatable bonds is 4. The zero-order chi connectivity index (χ0) is 19.6. The normalized spacial score (nSPS) is 15.1. The van der Waals surface area contributed by atoms with E-state index in [9.17, 15) is 4.79 Å². The minimum atomic E-state index is 0.00284. The Morgan fingerprint density at radius 3 is 2.52 bits per heavy atom. The number of piperazine rings is 1. The molecular formula is C22H22N6O. The van der Waals surface area contributed by atoms with Crippen LogP contribution in [-0.4, -0.2) is 62.1 Å². The van der Waals surface area contributed by atoms with Gasteiger partial charge in [0.05, 0.1) is 23.3 Å². The minimum absolute atomic E-state index is 0.00284. The van der Waals surface area contributed by atoms with E-state index in [1.165, 1.54) is 0 Å². The molecule has 0 spiro atoms. The SMILES string of the molecule is O=C(c1cc(-c2ccccc2)n[nH]1)N1CCN(Cc2nc3ccccc3[nH]2)CC1. The lowest BCUT2D eigenvalue weighted by molar-refractivity contribution is 0.0620. The number of nitrogens with zero attached hydrogens (tertiary/aromatic N) is 4. The van der Waals surface area contributed by atoms with Gasteiger partial charge in [-0.3, -0.25) is 14.8 Å². The predicted molar refractivity (Wildman–Crippen MR) is 111 cm³/mol. The van der Waals surface area contributed by atoms with Crippen molar-refractivity contribution in [3.8, 4) is 11.3 Å². The molecule has 146 valence electrons. The molecule has 1 fully saturated rings. The van der Waals surface area contributed by atoms with Crippen molar-refractivity contribution in [1.29, 1.82) is 0 Å². The van der Waals surface area contributed by atoms with Gasteiger partial charge < -0.3 is 9.88 Å². The van der Waals surface area contributed by atoms with Crippen LogP contribution < -0.4 is 0 Å². The van der Waals surface area contributed by atoms with E-state index in [1.54, 1.807) is 0 Å². The van der Waals surface area contributed by atoms with E-state index in [1.807, 2.05) is 65.6 Å². The van der Waals surface area contributed by atoms with Gasteiger partial charge in [0, 0.05) is 31.7 Å². The number of amides is 1. The fraction of sp³-hybridized carbons (Fsp3) is 0.227. The standard InChI is InChI=1S/C22H22N6O/c29-22(20-14-19(25-26-20)16-6-2-1-3-7-16)28-12-10-27(11-13-28)15-21-23-17-8-4-5-9-18(17)24-21/h1-9,14H,10-13,15H2,(H,23,24)(H,25,26). The van der Waals surface area contributed by atoms with E-state index in [0.29, 0.717) is 18.8 Å². The van der Waals surface area contributed by atoms with Crippen molar-refractivity contribution in [2.75, 3.05) is 26.2 Å². The first-order chi connectivity index (χ1) is 14.3. The number of H-pyrrole nitrogens is 2. The zero-order valence-corrected chi connectivity index (χ0v) is 16.0. The molecule has 29 heavy (non-hydrogen) atoms. The van der Waals surface area contributed by atoms with Crippen molar-refractivity contribution < 1.29 is 4.79 Å². The smallest absolute Gasteiger partial charge is 0.271 e. The van der Waals surface area contributed by atoms with Gasteiger partial charge in [0.25, 0.3) is 5.91 Å². The van der Waals surface area contributed by atoms with Crippen LogP contribution in [0.3, 0.4) is 0 Å². The van der Waals surface area contributed by atoms with Crippen LogP contribution in [0.2, 0.25) is 0 Å². The van der Waals surface area contributed by atoms with Crippen LogP contribution >= 0.6 is 0 Å². The lowest BCUT2D eigenvalue weighted by atomic mass is 10.1. The number of hydrogen-bond donors (Lipinski definition) is 2. The van der Waals surface area contributed by atoms with Crippen LogP contribution in [0.1, 0.15) is 16.3 Å². The van der Waals surface area contributed by atoms with Crippen molar-refractivity contribution in [1.82, 2.24) is 30.0 Å². The molecule has 2 N–H and O–H groups in total. The molecule has 0 aliphatic carbocycles. The molecule has 0 atom stereocenters. The van der Waals surface area contributed by atoms with Gasteiger partial charge in [-0.05, 0) is 18.2 Å². The Bertz CT molecular complexity index is 1090. The van der Waals surface area contributed by atoms with Gasteiger partial charge >= 0.3 is 0 Å². The number of fused-ring (bicyclic) bond motifs is 1. The first kappa shape index (κ1) is 17.6. The van der Waals surface area contributed by atoms with Gasteiger partial charge in [0.1, 0.15) is 11.5 Å². The van der Waals surface area contributed by atoms with Crippen LogP contribution in [0.5, 0.6) is 0 Å². The highest BCUT2D eigenvalue weighted by atomic mass is 16.2. The maximum atomic E-state index is 12.8. The Labute approximate surface area is 168 Å². The molecule has 1 amide bonds. The Kier molecular flexibility index (Phi) is 4.57. The number of carbonyl (C=O) groups is 1. The molecule has 1 aliphatic rings. The van der Waals surface area contributed by atoms with Gasteiger partial charge in [0.15, 0.2) is 0 Å². The highest BCUT2D eigenvalue weighted by molar-refractivity contribution is 5.93. The summed E-state index contributed by atoms with van der Waals surface area (Å²) in [6.45, 7) is 3.79. The van der Waals surface area contributed by atoms with E-state index in [0.717, 1.165) is 47.7 Å². The van der Waals surface area contributed by atoms with E-state index >= 15 is 0 Å². The van der Waals surface area contributed by atoms with Gasteiger partial charge in [-0.2, -0.15) is 5.10 Å². The summed E-state index contributed by atoms with van der Waals surface area (Å²) in [6.07, 6.45) is 0. The molecule has 0 bridgehead atoms. The van der Waals surface area contributed by atoms with E-state index in [4.69, 9.17) is 0 Å². The summed E-state index contributed by atoms with van der Waals surface area (Å²) in [5.41, 5.74) is 4.38. The number of aromatic amines is 2. The van der Waals surface area contributed by atoms with Crippen molar-refractivity contribution in [3.63, 3.8) is 0 Å². The fourth-order valence-corrected chi connectivity index (χ4v) is 3.76. The molecule has 0 saturated carbocycles. The maximum Gasteiger partial charge on any atom is 0.271 e. The Balaban J connectivity index is 1.20. The number of imidazole rings is 1. The minimum Gasteiger partial charge on any atom is -0.341 e. The summed E-state index contributed by atoms with van der Waals surface area (Å²) in [4.78, 5) is 25.1. The molecular weight excluding hydrogens is 364 g/mol. The number of aromatic nitrogens is 4. The van der Waals surface area contributed by atoms with Crippen molar-refractivity contribution >= 4 is 16.9 Å². The summed E-state index contributed by atoms with van der Waals surface area (Å²) in [6, 6.07) is 19.8. The first-order valence-electron chi connectivity index (χ1n) is 9.82. The van der Waals surface area contributed by atoms with Crippen molar-refractivity contribution in [3.05, 3.63) is 72.2 Å². The van der Waals surface area contributed by atoms with Crippen molar-refractivity contribution in [2.24, 2.45) is 0 Å². The highest BCUT2D eigenvalue weighted by Crippen LogP contribution is 2.18. The van der Waals surface area contributed by atoms with E-state index < -0.39 is 0 Å². The van der Waals surface area contributed by atoms with Gasteiger partial charge in [-0.1, -0.05) is 42.5 Å². The summed E-state index contributed by atoms with van der Waals surface area (Å²) in [5.74, 6) is 0.968. The topological polar surface area (TPSA) is 80.9 Å². The summed E-state index contributed by atoms with van der Waals surface area (Å²) >= 11 is 0. The molecule has 1 saturated heterocycles. The van der Waals surface area contributed by atoms with Crippen LogP contribution in [0.15, 0.2) is 60.7 Å². The van der Waals surface area contributed by atoms with Crippen LogP contribution in [-0.2, 0) is 6.54 Å². The van der Waals surface area contributed by atoms with Gasteiger partial charge in [-0.15, -0.1) is 0 Å². The molecule has 0 radical (unpaired) electrons. The molecule has 2 aromatic carbocycles. The molecule has 2 aromatic heterocycles. The number of hydrogen-bond acceptors (Lipinski definition) is 4. The molecule has 3 heterocycles. The fourth-order valence-electron chi connectivity index (χ4n) is 3.76. The lowest BCUT2D eigenvalue weighted by Gasteiger charge is -2.33. The van der Waals surface area contributed by atoms with E-state index in [-0.39, 0.29) is 5.91 Å². The first-order valence-corrected chi connectivity index (χ1v) is 9.82. The quantitative estimate of drug-likeness (QED) is 0.565. The number of nitrogens with one attached hydrogen (secondary N) is 2. The second-order valence-corrected chi connectivity index (χ2v) is 7.30. The largest absolute Gasteiger partial charge is 0.341 e. The molecule has 7 heteroatoms. The van der Waals surface area contributed by atoms with Crippen LogP contribution in [0.4, 0.5) is 0 Å². The Hall–Kier alpha value is -3.45. The van der Waals surface area contributed by atoms with Crippen molar-refractivity contribution in [2.45, 2.75) is 6.54 Å². The lowest BCUT2D eigenvalue weighted by Crippen LogP contribution is -2.48. The zero-order valence-electron chi connectivity index (χ0n) is 16.0. The molecule has 7 nitrogen and oxygen atoms in total. The Morgan fingerprint density at radius 1 is 0.966 bits per heavy atom. The number of carbonyl (C=O) groups excluding carboxylic acids is 1. The molecule has 5 rings (SSSR count). The molecule has 0 unspecified atom stereocenters. The summed E-state index contributed by atoms with van der Waals surface area (Å²) in [7, 11) is 0. The maximum absolute atomic E-state index is 12.8. The molecule has 4 aromatic rings. The third-order valence-electron chi connectivity index (χ3n) is 5.35. The second-order valence-electron chi connectivity index (χ2n) is 7.30. The van der Waals surface area contributed by atoms with Gasteiger partial charge in [0.2, 0.25) is 0 Å². The Morgan fingerprint density at radius 2 is 1.72 bits per heavy atom. The number of para-hydroxylation sites is 2. The second kappa shape index (κ2) is 7.52. The molecule has 1 aliphatic heterocycles. The average Bonchev–Trinajstić information content (AvgIpc) is 3.41. The monoisotopic (exact) mass is 386 g/mol. The highest BCUT2D eigenvalue weighted by Gasteiger charge is 2.24. The predicted octanol–water partition coefficient (Wildman–Crippen LogP) is 2.91.